The molecule has 1 aliphatic heterocycles. The molecular formula is C17H22F2N8O. The van der Waals surface area contributed by atoms with Crippen molar-refractivity contribution in [2.45, 2.75) is 12.8 Å². The van der Waals surface area contributed by atoms with Crippen molar-refractivity contribution in [1.29, 1.82) is 5.26 Å². The standard InChI is InChI=1S/C12H11F2N7.C5H11NO/c1-12(13,14)11-8(16-2)3-9(20-21-11)19-10-6-17-7(4-15)5-18-10;1-6-2-4-7-5-3-6/h3,5-6H,1-2H3,(H2,16,18,19,20);2-5H2,1H3. The van der Waals surface area contributed by atoms with Crippen molar-refractivity contribution in [2.24, 2.45) is 0 Å². The van der Waals surface area contributed by atoms with E-state index in [1.807, 2.05) is 6.07 Å². The van der Waals surface area contributed by atoms with E-state index in [2.05, 4.69) is 42.7 Å². The number of alkyl halides is 2. The quantitative estimate of drug-likeness (QED) is 0.806. The van der Waals surface area contributed by atoms with Crippen molar-refractivity contribution in [2.75, 3.05) is 51.0 Å². The number of hydrogen-bond acceptors (Lipinski definition) is 9. The third kappa shape index (κ3) is 6.33. The number of anilines is 3. The Hall–Kier alpha value is -2.97. The van der Waals surface area contributed by atoms with Crippen LogP contribution in [0.25, 0.3) is 0 Å². The third-order valence-electron chi connectivity index (χ3n) is 3.74. The van der Waals surface area contributed by atoms with Gasteiger partial charge in [-0.15, -0.1) is 10.2 Å². The highest BCUT2D eigenvalue weighted by molar-refractivity contribution is 5.59. The van der Waals surface area contributed by atoms with Crippen molar-refractivity contribution in [3.05, 3.63) is 29.8 Å². The maximum absolute atomic E-state index is 13.3. The summed E-state index contributed by atoms with van der Waals surface area (Å²) in [6.07, 6.45) is 2.62. The number of ether oxygens (including phenoxy) is 1. The lowest BCUT2D eigenvalue weighted by Crippen LogP contribution is -2.32. The molecule has 28 heavy (non-hydrogen) atoms. The molecule has 1 aliphatic rings. The summed E-state index contributed by atoms with van der Waals surface area (Å²) in [6.45, 7) is 4.77. The topological polar surface area (TPSA) is 112 Å². The Kier molecular flexibility index (Phi) is 7.48. The van der Waals surface area contributed by atoms with Crippen molar-refractivity contribution in [3.63, 3.8) is 0 Å². The fourth-order valence-corrected chi connectivity index (χ4v) is 2.20. The Labute approximate surface area is 161 Å². The number of nitrogens with zero attached hydrogens (tertiary/aromatic N) is 6. The zero-order valence-electron chi connectivity index (χ0n) is 15.9. The zero-order valence-corrected chi connectivity index (χ0v) is 15.9. The molecule has 9 nitrogen and oxygen atoms in total. The maximum Gasteiger partial charge on any atom is 0.290 e. The molecule has 1 saturated heterocycles. The van der Waals surface area contributed by atoms with E-state index in [0.29, 0.717) is 5.82 Å². The molecule has 1 fully saturated rings. The molecule has 0 radical (unpaired) electrons. The highest BCUT2D eigenvalue weighted by Gasteiger charge is 2.30. The number of morpholine rings is 1. The third-order valence-corrected chi connectivity index (χ3v) is 3.74. The molecule has 3 rings (SSSR count). The summed E-state index contributed by atoms with van der Waals surface area (Å²) in [5.74, 6) is -2.55. The predicted molar refractivity (Wildman–Crippen MR) is 99.5 cm³/mol. The second kappa shape index (κ2) is 9.82. The average Bonchev–Trinajstić information content (AvgIpc) is 2.69. The van der Waals surface area contributed by atoms with Crippen molar-refractivity contribution in [3.8, 4) is 6.07 Å². The molecule has 3 heterocycles. The van der Waals surface area contributed by atoms with Gasteiger partial charge in [-0.25, -0.2) is 9.97 Å². The lowest BCUT2D eigenvalue weighted by molar-refractivity contribution is 0.0127. The van der Waals surface area contributed by atoms with Gasteiger partial charge in [-0.2, -0.15) is 14.0 Å². The summed E-state index contributed by atoms with van der Waals surface area (Å²) in [5, 5.41) is 21.2. The van der Waals surface area contributed by atoms with E-state index in [9.17, 15) is 8.78 Å². The number of nitriles is 1. The van der Waals surface area contributed by atoms with Crippen LogP contribution in [0.2, 0.25) is 0 Å². The smallest absolute Gasteiger partial charge is 0.290 e. The summed E-state index contributed by atoms with van der Waals surface area (Å²) < 4.78 is 31.8. The molecule has 0 aromatic carbocycles. The minimum Gasteiger partial charge on any atom is -0.386 e. The Morgan fingerprint density at radius 3 is 2.36 bits per heavy atom. The van der Waals surface area contributed by atoms with Crippen LogP contribution in [0.3, 0.4) is 0 Å². The number of nitrogens with one attached hydrogen (secondary N) is 2. The van der Waals surface area contributed by atoms with E-state index in [1.54, 1.807) is 0 Å². The van der Waals surface area contributed by atoms with Gasteiger partial charge in [0.2, 0.25) is 0 Å². The number of rotatable bonds is 4. The van der Waals surface area contributed by atoms with Crippen LogP contribution in [0.15, 0.2) is 18.5 Å². The lowest BCUT2D eigenvalue weighted by Gasteiger charge is -2.21. The molecule has 11 heteroatoms. The summed E-state index contributed by atoms with van der Waals surface area (Å²) in [7, 11) is 3.63. The highest BCUT2D eigenvalue weighted by Crippen LogP contribution is 2.31. The van der Waals surface area contributed by atoms with E-state index in [1.165, 1.54) is 25.5 Å². The lowest BCUT2D eigenvalue weighted by atomic mass is 10.2. The first-order chi connectivity index (χ1) is 13.3. The van der Waals surface area contributed by atoms with Gasteiger partial charge in [-0.1, -0.05) is 0 Å². The maximum atomic E-state index is 13.3. The van der Waals surface area contributed by atoms with Gasteiger partial charge in [0.05, 0.1) is 31.3 Å². The molecule has 2 aromatic heterocycles. The fraction of sp³-hybridized carbons (Fsp3) is 0.471. The van der Waals surface area contributed by atoms with Crippen molar-refractivity contribution >= 4 is 17.3 Å². The van der Waals surface area contributed by atoms with Gasteiger partial charge in [0, 0.05) is 33.1 Å². The van der Waals surface area contributed by atoms with Gasteiger partial charge >= 0.3 is 0 Å². The van der Waals surface area contributed by atoms with Crippen LogP contribution in [0.4, 0.5) is 26.1 Å². The average molecular weight is 392 g/mol. The number of hydrogen-bond donors (Lipinski definition) is 2. The summed E-state index contributed by atoms with van der Waals surface area (Å²) in [6, 6.07) is 3.23. The first-order valence-corrected chi connectivity index (χ1v) is 8.52. The van der Waals surface area contributed by atoms with Crippen LogP contribution in [-0.4, -0.2) is 65.5 Å². The minimum atomic E-state index is -3.10. The molecule has 0 spiro atoms. The van der Waals surface area contributed by atoms with Gasteiger partial charge in [0.1, 0.15) is 11.9 Å². The van der Waals surface area contributed by atoms with Crippen LogP contribution in [0.5, 0.6) is 0 Å². The molecule has 0 amide bonds. The molecule has 0 atom stereocenters. The van der Waals surface area contributed by atoms with Gasteiger partial charge in [-0.05, 0) is 7.05 Å². The van der Waals surface area contributed by atoms with E-state index < -0.39 is 11.6 Å². The molecule has 2 aromatic rings. The fourth-order valence-electron chi connectivity index (χ4n) is 2.20. The summed E-state index contributed by atoms with van der Waals surface area (Å²) in [5.41, 5.74) is -0.119. The first kappa shape index (κ1) is 21.3. The van der Waals surface area contributed by atoms with E-state index >= 15 is 0 Å². The van der Waals surface area contributed by atoms with Gasteiger partial charge in [0.15, 0.2) is 17.2 Å². The molecule has 0 saturated carbocycles. The van der Waals surface area contributed by atoms with Crippen LogP contribution >= 0.6 is 0 Å². The predicted octanol–water partition coefficient (Wildman–Crippen LogP) is 1.98. The second-order valence-corrected chi connectivity index (χ2v) is 6.07. The second-order valence-electron chi connectivity index (χ2n) is 6.07. The van der Waals surface area contributed by atoms with E-state index in [-0.39, 0.29) is 17.2 Å². The zero-order chi connectivity index (χ0) is 20.6. The Balaban J connectivity index is 0.000000336. The Morgan fingerprint density at radius 2 is 1.89 bits per heavy atom. The Morgan fingerprint density at radius 1 is 1.18 bits per heavy atom. The van der Waals surface area contributed by atoms with Gasteiger partial charge in [-0.3, -0.25) is 0 Å². The summed E-state index contributed by atoms with van der Waals surface area (Å²) >= 11 is 0. The van der Waals surface area contributed by atoms with E-state index in [4.69, 9.17) is 10.00 Å². The van der Waals surface area contributed by atoms with Crippen LogP contribution in [0.1, 0.15) is 18.3 Å². The SMILES string of the molecule is CN1CCOCC1.CNc1cc(Nc2cnc(C#N)cn2)nnc1C(C)(F)F. The number of likely N-dealkylation sites (N-methyl/N-ethyl adjacent to an activating group) is 1. The van der Waals surface area contributed by atoms with Crippen LogP contribution < -0.4 is 10.6 Å². The van der Waals surface area contributed by atoms with Crippen LogP contribution in [-0.2, 0) is 10.7 Å². The minimum absolute atomic E-state index is 0.154. The van der Waals surface area contributed by atoms with Gasteiger partial charge < -0.3 is 20.3 Å². The molecule has 2 N–H and O–H groups in total. The van der Waals surface area contributed by atoms with Gasteiger partial charge in [0.25, 0.3) is 5.92 Å². The molecular weight excluding hydrogens is 370 g/mol. The normalized spacial score (nSPS) is 14.4. The molecule has 0 unspecified atom stereocenters. The highest BCUT2D eigenvalue weighted by atomic mass is 19.3. The largest absolute Gasteiger partial charge is 0.386 e. The van der Waals surface area contributed by atoms with Crippen LogP contribution in [0, 0.1) is 11.3 Å². The Bertz CT molecular complexity index is 798. The monoisotopic (exact) mass is 392 g/mol. The number of aromatic nitrogens is 4. The van der Waals surface area contributed by atoms with Crippen molar-refractivity contribution in [1.82, 2.24) is 25.1 Å². The number of halogens is 2. The summed E-state index contributed by atoms with van der Waals surface area (Å²) in [4.78, 5) is 10.0. The molecule has 150 valence electrons. The molecule has 0 aliphatic carbocycles. The first-order valence-electron chi connectivity index (χ1n) is 8.52. The van der Waals surface area contributed by atoms with E-state index in [0.717, 1.165) is 33.2 Å². The van der Waals surface area contributed by atoms with Crippen molar-refractivity contribution < 1.29 is 13.5 Å². The molecule has 0 bridgehead atoms.